The number of rotatable bonds is 0. The predicted octanol–water partition coefficient (Wildman–Crippen LogP) is -10.3. The van der Waals surface area contributed by atoms with E-state index < -0.39 is 276 Å². The number of ether oxygens (including phenoxy) is 18. The van der Waals surface area contributed by atoms with Crippen LogP contribution in [0.1, 0.15) is 62.3 Å². The maximum Gasteiger partial charge on any atom is 0.187 e. The largest absolute Gasteiger partial charge is 0.387 e. The van der Waals surface area contributed by atoms with Crippen LogP contribution in [0.4, 0.5) is 0 Å². The number of hydrogen-bond acceptors (Lipinski definition) is 36. The number of aliphatic hydroxyl groups is 18. The Balaban J connectivity index is 0.846. The fraction of sp³-hybridized carbons (Fsp3) is 1.00. The Kier molecular flexibility index (Phi) is 22.6. The minimum absolute atomic E-state index is 1.20. The summed E-state index contributed by atoms with van der Waals surface area (Å²) in [5.41, 5.74) is 0. The van der Waals surface area contributed by atoms with Crippen LogP contribution in [0, 0.1) is 0 Å². The fourth-order valence-electron chi connectivity index (χ4n) is 13.1. The van der Waals surface area contributed by atoms with Gasteiger partial charge in [0.15, 0.2) is 56.6 Å². The van der Waals surface area contributed by atoms with Gasteiger partial charge in [0.2, 0.25) is 0 Å². The van der Waals surface area contributed by atoms with Gasteiger partial charge in [-0.3, -0.25) is 0 Å². The molecule has 0 aromatic carbocycles. The molecule has 45 atom stereocenters. The average Bonchev–Trinajstić information content (AvgIpc) is 0.801. The Hall–Kier alpha value is -1.44. The Labute approximate surface area is 514 Å². The lowest BCUT2D eigenvalue weighted by molar-refractivity contribution is -0.393. The normalized spacial score (nSPS) is 59.7. The van der Waals surface area contributed by atoms with Crippen LogP contribution in [0.2, 0.25) is 0 Å². The van der Waals surface area contributed by atoms with Crippen LogP contribution in [-0.4, -0.2) is 368 Å². The number of hydrogen-bond donors (Lipinski definition) is 18. The third-order valence-electron chi connectivity index (χ3n) is 18.6. The van der Waals surface area contributed by atoms with E-state index in [9.17, 15) is 91.9 Å². The molecule has 0 amide bonds. The maximum atomic E-state index is 11.4. The van der Waals surface area contributed by atoms with Crippen molar-refractivity contribution < 1.29 is 177 Å². The highest BCUT2D eigenvalue weighted by atomic mass is 16.8. The first-order valence-electron chi connectivity index (χ1n) is 30.3. The van der Waals surface area contributed by atoms with Crippen LogP contribution in [0.5, 0.6) is 0 Å². The molecular formula is C54H90O36. The predicted molar refractivity (Wildman–Crippen MR) is 281 cm³/mol. The molecular weight excluding hydrogens is 1220 g/mol. The summed E-state index contributed by atoms with van der Waals surface area (Å²) in [6.07, 6.45) is -74.3. The molecule has 18 bridgehead atoms. The lowest BCUT2D eigenvalue weighted by Gasteiger charge is -2.49. The van der Waals surface area contributed by atoms with Crippen LogP contribution < -0.4 is 0 Å². The molecule has 27 rings (SSSR count). The highest BCUT2D eigenvalue weighted by molar-refractivity contribution is 5.01. The van der Waals surface area contributed by atoms with Crippen molar-refractivity contribution in [2.24, 2.45) is 0 Å². The van der Waals surface area contributed by atoms with E-state index in [0.717, 1.165) is 0 Å². The van der Waals surface area contributed by atoms with E-state index in [1.165, 1.54) is 62.3 Å². The molecule has 0 aromatic heterocycles. The first kappa shape index (κ1) is 71.3. The Bertz CT molecular complexity index is 1820. The molecule has 90 heavy (non-hydrogen) atoms. The van der Waals surface area contributed by atoms with E-state index in [4.69, 9.17) is 85.3 Å². The molecule has 0 radical (unpaired) electrons. The van der Waals surface area contributed by atoms with E-state index in [-0.39, 0.29) is 0 Å². The first-order chi connectivity index (χ1) is 42.3. The van der Waals surface area contributed by atoms with E-state index in [1.807, 2.05) is 0 Å². The summed E-state index contributed by atoms with van der Waals surface area (Å²) in [5, 5.41) is 205. The van der Waals surface area contributed by atoms with Crippen LogP contribution >= 0.6 is 0 Å². The van der Waals surface area contributed by atoms with Crippen LogP contribution in [0.3, 0.4) is 0 Å². The Morgan fingerprint density at radius 2 is 0.200 bits per heavy atom. The second-order valence-electron chi connectivity index (χ2n) is 25.1. The maximum absolute atomic E-state index is 11.4. The second-order valence-corrected chi connectivity index (χ2v) is 25.1. The van der Waals surface area contributed by atoms with Gasteiger partial charge in [-0.2, -0.15) is 0 Å². The lowest BCUT2D eigenvalue weighted by atomic mass is 9.95. The summed E-state index contributed by atoms with van der Waals surface area (Å²) < 4.78 is 106. The molecule has 19 unspecified atom stereocenters. The second kappa shape index (κ2) is 28.6. The molecule has 18 N–H and O–H groups in total. The van der Waals surface area contributed by atoms with Gasteiger partial charge in [-0.05, 0) is 62.3 Å². The van der Waals surface area contributed by atoms with Crippen LogP contribution in [-0.2, 0) is 85.3 Å². The summed E-state index contributed by atoms with van der Waals surface area (Å²) in [5.74, 6) is 0. The molecule has 27 heterocycles. The van der Waals surface area contributed by atoms with Crippen molar-refractivity contribution in [1.29, 1.82) is 0 Å². The highest BCUT2D eigenvalue weighted by Gasteiger charge is 2.59. The van der Waals surface area contributed by atoms with Crippen molar-refractivity contribution in [3.63, 3.8) is 0 Å². The molecule has 0 aromatic rings. The molecule has 522 valence electrons. The quantitative estimate of drug-likeness (QED) is 0.107. The zero-order chi connectivity index (χ0) is 65.7. The molecule has 27 fully saturated rings. The minimum Gasteiger partial charge on any atom is -0.387 e. The summed E-state index contributed by atoms with van der Waals surface area (Å²) >= 11 is 0. The van der Waals surface area contributed by atoms with Gasteiger partial charge in [0.05, 0.1) is 54.9 Å². The molecule has 36 heteroatoms. The van der Waals surface area contributed by atoms with Crippen molar-refractivity contribution >= 4 is 0 Å². The van der Waals surface area contributed by atoms with E-state index in [2.05, 4.69) is 0 Å². The van der Waals surface area contributed by atoms with Crippen molar-refractivity contribution in [3.05, 3.63) is 0 Å². The lowest BCUT2D eigenvalue weighted by Crippen LogP contribution is -2.67. The van der Waals surface area contributed by atoms with Crippen LogP contribution in [0.25, 0.3) is 0 Å². The molecule has 0 saturated carbocycles. The Morgan fingerprint density at radius 1 is 0.122 bits per heavy atom. The van der Waals surface area contributed by atoms with Crippen molar-refractivity contribution in [1.82, 2.24) is 0 Å². The van der Waals surface area contributed by atoms with Gasteiger partial charge in [-0.1, -0.05) is 0 Å². The zero-order valence-electron chi connectivity index (χ0n) is 50.4. The molecule has 0 aliphatic carbocycles. The molecule has 27 aliphatic heterocycles. The van der Waals surface area contributed by atoms with E-state index >= 15 is 0 Å². The van der Waals surface area contributed by atoms with Gasteiger partial charge in [-0.15, -0.1) is 0 Å². The highest BCUT2D eigenvalue weighted by Crippen LogP contribution is 2.40. The molecule has 27 aliphatic rings. The third kappa shape index (κ3) is 13.8. The average molecular weight is 1320 g/mol. The van der Waals surface area contributed by atoms with Gasteiger partial charge in [0.1, 0.15) is 165 Å². The summed E-state index contributed by atoms with van der Waals surface area (Å²) in [6, 6.07) is 0. The van der Waals surface area contributed by atoms with Crippen molar-refractivity contribution in [3.8, 4) is 0 Å². The topological polar surface area (TPSA) is 530 Å². The Morgan fingerprint density at radius 3 is 0.278 bits per heavy atom. The van der Waals surface area contributed by atoms with Crippen LogP contribution in [0.15, 0.2) is 0 Å². The summed E-state index contributed by atoms with van der Waals surface area (Å²) in [6.45, 7) is 12.6. The van der Waals surface area contributed by atoms with Gasteiger partial charge < -0.3 is 177 Å². The van der Waals surface area contributed by atoms with Crippen molar-refractivity contribution in [2.75, 3.05) is 0 Å². The smallest absolute Gasteiger partial charge is 0.187 e. The summed E-state index contributed by atoms with van der Waals surface area (Å²) in [4.78, 5) is 0. The first-order valence-corrected chi connectivity index (χ1v) is 30.3. The standard InChI is InChI=1S/C54H90O36/c1-10-37-19(55)28(64)46(73-10)83-38-11(2)75-48(30(66)21(38)57)85-40-13(4)77-50(32(68)23(40)59)87-42-15(6)79-52(34(70)25(42)61)89-44-17(8)81-54(36(72)27(44)63)90-45-18(9)80-53(35(71)26(45)62)88-43-16(7)78-51(33(69)24(43)60)86-41-14(5)76-49(31(67)22(41)58)84-39-12(3)74-47(82-37)29(65)20(39)56/h10-72H,1-9H3/t10?,11?,12?,13?,14?,15?,16?,17?,18?,19-,20-,21-,22-,23-,24-,25-,26-,27-,28?,29?,30?,31?,32?,33?,34?,35?,36?,37-,38-,39-,40-,41-,42-,43-,44-,45-,46-,47-,48-,49-,50+,51?,52-,53+,54-/m1/s1. The fourth-order valence-corrected chi connectivity index (χ4v) is 13.1. The van der Waals surface area contributed by atoms with E-state index in [0.29, 0.717) is 0 Å². The molecule has 36 nitrogen and oxygen atoms in total. The van der Waals surface area contributed by atoms with Gasteiger partial charge >= 0.3 is 0 Å². The number of aliphatic hydroxyl groups excluding tert-OH is 18. The van der Waals surface area contributed by atoms with E-state index in [1.54, 1.807) is 0 Å². The third-order valence-corrected chi connectivity index (χ3v) is 18.6. The minimum atomic E-state index is -1.95. The molecule has 0 spiro atoms. The SMILES string of the molecule is CC1OC2O[C@@H]3C(C)O[C@H](O[C@@H]4C(C)O[C@H](O[C@@H]5C(C)O[C@H](O[C@@H]6C(C)O[C@H](O[C@@H]7C(C)O[C@@H](O[C@@H]8C(C)O[C@H](O[C@@H]9C(C)O[C@H](O[C@@H]%10C(C)O[C@@H](O[C@H]1[C@H](O)C2O)C(O)[C@H]%10O)C(O)[C@H]9O)C(O)[C@H]8O)C(O)[C@H]7O)C(O)[C@H]6O)C(O)[C@H]5O)C(O)[C@H]4O)C(O)[C@H]3O. The van der Waals surface area contributed by atoms with Gasteiger partial charge in [0, 0.05) is 0 Å². The summed E-state index contributed by atoms with van der Waals surface area (Å²) in [7, 11) is 0. The monoisotopic (exact) mass is 1310 g/mol. The van der Waals surface area contributed by atoms with Gasteiger partial charge in [-0.25, -0.2) is 0 Å². The van der Waals surface area contributed by atoms with Gasteiger partial charge in [0.25, 0.3) is 0 Å². The van der Waals surface area contributed by atoms with Crippen molar-refractivity contribution in [2.45, 2.75) is 339 Å². The molecule has 27 saturated heterocycles. The zero-order valence-corrected chi connectivity index (χ0v) is 50.4.